The van der Waals surface area contributed by atoms with Crippen LogP contribution < -0.4 is 0 Å². The molecule has 0 fully saturated rings. The number of unbranched alkanes of at least 4 members (excludes halogenated alkanes) is 1. The summed E-state index contributed by atoms with van der Waals surface area (Å²) in [6, 6.07) is 1.75. The van der Waals surface area contributed by atoms with Gasteiger partial charge in [-0.15, -0.1) is 0 Å². The van der Waals surface area contributed by atoms with E-state index in [0.29, 0.717) is 25.4 Å². The average Bonchev–Trinajstić information content (AvgIpc) is 2.88. The molecule has 8 heteroatoms. The van der Waals surface area contributed by atoms with Crippen LogP contribution in [0.2, 0.25) is 0 Å². The molecule has 0 aliphatic carbocycles. The predicted molar refractivity (Wildman–Crippen MR) is 87.3 cm³/mol. The van der Waals surface area contributed by atoms with Crippen molar-refractivity contribution in [3.8, 4) is 0 Å². The molecule has 0 aromatic carbocycles. The molecule has 0 bridgehead atoms. The zero-order chi connectivity index (χ0) is 15.2. The molecule has 2 aromatic heterocycles. The third kappa shape index (κ3) is 3.96. The molecule has 0 unspecified atom stereocenters. The Bertz CT molecular complexity index is 619. The van der Waals surface area contributed by atoms with Crippen LogP contribution in [0.1, 0.15) is 30.3 Å². The maximum Gasteiger partial charge on any atom is 0.272 e. The summed E-state index contributed by atoms with van der Waals surface area (Å²) in [7, 11) is 0. The van der Waals surface area contributed by atoms with Crippen LogP contribution >= 0.6 is 28.8 Å². The van der Waals surface area contributed by atoms with Crippen molar-refractivity contribution in [1.29, 1.82) is 0 Å². The number of nitrogens with one attached hydrogen (secondary N) is 1. The maximum absolute atomic E-state index is 12.5. The van der Waals surface area contributed by atoms with Gasteiger partial charge in [-0.1, -0.05) is 0 Å². The number of aromatic amines is 1. The molecule has 0 spiro atoms. The number of halogens is 1. The fourth-order valence-electron chi connectivity index (χ4n) is 2.03. The number of hydrogen-bond acceptors (Lipinski definition) is 5. The van der Waals surface area contributed by atoms with Gasteiger partial charge in [0, 0.05) is 18.5 Å². The van der Waals surface area contributed by atoms with Gasteiger partial charge in [-0.2, -0.15) is 5.10 Å². The van der Waals surface area contributed by atoms with Crippen molar-refractivity contribution in [2.45, 2.75) is 19.8 Å². The Balaban J connectivity index is 2.09. The fourth-order valence-corrected chi connectivity index (χ4v) is 2.57. The first-order chi connectivity index (χ1) is 10.2. The second-order valence-corrected chi connectivity index (χ2v) is 5.60. The first-order valence-corrected chi connectivity index (χ1v) is 7.88. The van der Waals surface area contributed by atoms with Crippen LogP contribution in [-0.2, 0) is 4.18 Å². The third-order valence-electron chi connectivity index (χ3n) is 3.20. The van der Waals surface area contributed by atoms with E-state index in [0.717, 1.165) is 28.3 Å². The van der Waals surface area contributed by atoms with E-state index in [-0.39, 0.29) is 5.91 Å². The number of nitrogens with zero attached hydrogens (tertiary/aromatic N) is 3. The Kier molecular flexibility index (Phi) is 6.01. The summed E-state index contributed by atoms with van der Waals surface area (Å²) < 4.78 is 5.47. The van der Waals surface area contributed by atoms with E-state index in [1.54, 1.807) is 17.2 Å². The van der Waals surface area contributed by atoms with Crippen LogP contribution in [0.15, 0.2) is 16.9 Å². The minimum atomic E-state index is -0.0701. The van der Waals surface area contributed by atoms with Crippen molar-refractivity contribution in [1.82, 2.24) is 20.1 Å². The summed E-state index contributed by atoms with van der Waals surface area (Å²) in [5, 5.41) is 7.74. The van der Waals surface area contributed by atoms with Crippen molar-refractivity contribution < 1.29 is 8.98 Å². The minimum absolute atomic E-state index is 0.0701. The van der Waals surface area contributed by atoms with E-state index < -0.39 is 0 Å². The molecule has 2 aromatic rings. The second-order valence-electron chi connectivity index (χ2n) is 4.55. The monoisotopic (exact) mass is 372 g/mol. The van der Waals surface area contributed by atoms with Gasteiger partial charge in [0.2, 0.25) is 0 Å². The van der Waals surface area contributed by atoms with Crippen LogP contribution in [0.5, 0.6) is 0 Å². The van der Waals surface area contributed by atoms with Gasteiger partial charge in [0.15, 0.2) is 0 Å². The van der Waals surface area contributed by atoms with E-state index in [2.05, 4.69) is 44.0 Å². The van der Waals surface area contributed by atoms with Crippen LogP contribution in [0.4, 0.5) is 0 Å². The van der Waals surface area contributed by atoms with Gasteiger partial charge in [0.1, 0.15) is 15.8 Å². The topological polar surface area (TPSA) is 71.1 Å². The number of carbonyl (C=O) groups is 1. The van der Waals surface area contributed by atoms with Gasteiger partial charge in [0.05, 0.1) is 12.8 Å². The standard InChI is InChI=1S/C13H17BrN4O2S/c1-2-18(5-3-4-6-20-21)13(19)10-7-9-11(8-15-10)16-17-12(9)14/h7-8,21H,2-6H2,1H3,(H,16,17). The predicted octanol–water partition coefficient (Wildman–Crippen LogP) is 2.82. The number of H-pyrrole nitrogens is 1. The molecule has 0 saturated heterocycles. The van der Waals surface area contributed by atoms with Gasteiger partial charge in [-0.05, 0) is 54.7 Å². The number of thiol groups is 1. The lowest BCUT2D eigenvalue weighted by atomic mass is 10.2. The quantitative estimate of drug-likeness (QED) is 0.445. The molecular weight excluding hydrogens is 356 g/mol. The number of rotatable bonds is 7. The summed E-state index contributed by atoms with van der Waals surface area (Å²) in [4.78, 5) is 18.5. The molecule has 0 atom stereocenters. The van der Waals surface area contributed by atoms with Crippen LogP contribution in [-0.4, -0.2) is 45.7 Å². The summed E-state index contributed by atoms with van der Waals surface area (Å²) >= 11 is 7.07. The molecule has 1 amide bonds. The fraction of sp³-hybridized carbons (Fsp3) is 0.462. The van der Waals surface area contributed by atoms with E-state index >= 15 is 0 Å². The molecule has 0 radical (unpaired) electrons. The summed E-state index contributed by atoms with van der Waals surface area (Å²) in [6.45, 7) is 3.87. The first kappa shape index (κ1) is 16.3. The molecule has 2 heterocycles. The van der Waals surface area contributed by atoms with Gasteiger partial charge in [-0.3, -0.25) is 9.89 Å². The van der Waals surface area contributed by atoms with E-state index in [9.17, 15) is 4.79 Å². The molecule has 21 heavy (non-hydrogen) atoms. The van der Waals surface area contributed by atoms with Gasteiger partial charge >= 0.3 is 0 Å². The lowest BCUT2D eigenvalue weighted by molar-refractivity contribution is 0.0754. The van der Waals surface area contributed by atoms with Gasteiger partial charge in [-0.25, -0.2) is 4.98 Å². The van der Waals surface area contributed by atoms with Crippen molar-refractivity contribution >= 4 is 45.6 Å². The summed E-state index contributed by atoms with van der Waals surface area (Å²) in [6.07, 6.45) is 3.34. The maximum atomic E-state index is 12.5. The van der Waals surface area contributed by atoms with E-state index in [4.69, 9.17) is 4.18 Å². The Morgan fingerprint density at radius 1 is 1.52 bits per heavy atom. The van der Waals surface area contributed by atoms with E-state index in [1.807, 2.05) is 6.92 Å². The lowest BCUT2D eigenvalue weighted by Crippen LogP contribution is -2.32. The second kappa shape index (κ2) is 7.77. The average molecular weight is 373 g/mol. The smallest absolute Gasteiger partial charge is 0.272 e. The highest BCUT2D eigenvalue weighted by Gasteiger charge is 2.16. The zero-order valence-electron chi connectivity index (χ0n) is 11.7. The highest BCUT2D eigenvalue weighted by molar-refractivity contribution is 9.10. The molecule has 2 rings (SSSR count). The zero-order valence-corrected chi connectivity index (χ0v) is 14.2. The molecule has 114 valence electrons. The highest BCUT2D eigenvalue weighted by atomic mass is 79.9. The first-order valence-electron chi connectivity index (χ1n) is 6.72. The minimum Gasteiger partial charge on any atom is -0.338 e. The Labute approximate surface area is 137 Å². The number of aromatic nitrogens is 3. The molecule has 0 aliphatic rings. The van der Waals surface area contributed by atoms with Crippen LogP contribution in [0, 0.1) is 0 Å². The number of hydrogen-bond donors (Lipinski definition) is 2. The van der Waals surface area contributed by atoms with Crippen LogP contribution in [0.3, 0.4) is 0 Å². The third-order valence-corrected chi connectivity index (χ3v) is 3.98. The van der Waals surface area contributed by atoms with Gasteiger partial charge < -0.3 is 9.08 Å². The summed E-state index contributed by atoms with van der Waals surface area (Å²) in [5.41, 5.74) is 1.16. The van der Waals surface area contributed by atoms with Crippen LogP contribution in [0.25, 0.3) is 10.9 Å². The Hall–Kier alpha value is -1.12. The number of amides is 1. The largest absolute Gasteiger partial charge is 0.338 e. The molecular formula is C13H17BrN4O2S. The van der Waals surface area contributed by atoms with Gasteiger partial charge in [0.25, 0.3) is 5.91 Å². The van der Waals surface area contributed by atoms with Crippen molar-refractivity contribution in [3.05, 3.63) is 22.6 Å². The molecule has 1 N–H and O–H groups in total. The molecule has 0 aliphatic heterocycles. The normalized spacial score (nSPS) is 11.0. The Morgan fingerprint density at radius 2 is 2.33 bits per heavy atom. The van der Waals surface area contributed by atoms with E-state index in [1.165, 1.54) is 0 Å². The number of carbonyl (C=O) groups excluding carboxylic acids is 1. The van der Waals surface area contributed by atoms with Crippen molar-refractivity contribution in [3.63, 3.8) is 0 Å². The highest BCUT2D eigenvalue weighted by Crippen LogP contribution is 2.21. The molecule has 6 nitrogen and oxygen atoms in total. The Morgan fingerprint density at radius 3 is 3.05 bits per heavy atom. The SMILES string of the molecule is CCN(CCCCOS)C(=O)c1cc2c(Br)[nH]nc2cn1. The van der Waals surface area contributed by atoms with Crippen molar-refractivity contribution in [2.24, 2.45) is 0 Å². The number of pyridine rings is 1. The summed E-state index contributed by atoms with van der Waals surface area (Å²) in [5.74, 6) is -0.0701. The lowest BCUT2D eigenvalue weighted by Gasteiger charge is -2.20. The molecule has 0 saturated carbocycles. The number of fused-ring (bicyclic) bond motifs is 1. The van der Waals surface area contributed by atoms with Crippen molar-refractivity contribution in [2.75, 3.05) is 19.7 Å².